The smallest absolute Gasteiger partial charge is 0.339 e. The average Bonchev–Trinajstić information content (AvgIpc) is 2.95. The Labute approximate surface area is 159 Å². The van der Waals surface area contributed by atoms with E-state index in [1.165, 1.54) is 6.07 Å². The highest BCUT2D eigenvalue weighted by molar-refractivity contribution is 6.30. The predicted molar refractivity (Wildman–Crippen MR) is 101 cm³/mol. The van der Waals surface area contributed by atoms with E-state index in [1.807, 2.05) is 6.07 Å². The van der Waals surface area contributed by atoms with Crippen LogP contribution < -0.4 is 10.4 Å². The molecule has 0 amide bonds. The first-order valence-electron chi connectivity index (χ1n) is 8.30. The Morgan fingerprint density at radius 1 is 1.11 bits per heavy atom. The summed E-state index contributed by atoms with van der Waals surface area (Å²) >= 11 is 5.98. The van der Waals surface area contributed by atoms with Crippen LogP contribution in [0.15, 0.2) is 76.0 Å². The van der Waals surface area contributed by atoms with Crippen molar-refractivity contribution in [2.24, 2.45) is 0 Å². The third kappa shape index (κ3) is 3.22. The van der Waals surface area contributed by atoms with Crippen LogP contribution in [0.4, 0.5) is 0 Å². The second-order valence-electron chi connectivity index (χ2n) is 6.39. The summed E-state index contributed by atoms with van der Waals surface area (Å²) in [6, 6.07) is 15.4. The summed E-state index contributed by atoms with van der Waals surface area (Å²) in [4.78, 5) is 23.9. The third-order valence-corrected chi connectivity index (χ3v) is 4.77. The quantitative estimate of drug-likeness (QED) is 0.384. The maximum atomic E-state index is 12.0. The molecule has 5 nitrogen and oxygen atoms in total. The van der Waals surface area contributed by atoms with E-state index in [9.17, 15) is 9.59 Å². The Morgan fingerprint density at radius 2 is 1.85 bits per heavy atom. The van der Waals surface area contributed by atoms with Crippen LogP contribution in [0.1, 0.15) is 12.0 Å². The molecule has 0 aliphatic carbocycles. The van der Waals surface area contributed by atoms with Crippen LogP contribution in [-0.4, -0.2) is 12.6 Å². The lowest BCUT2D eigenvalue weighted by Gasteiger charge is -2.28. The van der Waals surface area contributed by atoms with Crippen LogP contribution in [0.2, 0.25) is 5.02 Å². The highest BCUT2D eigenvalue weighted by Crippen LogP contribution is 2.40. The van der Waals surface area contributed by atoms with Crippen LogP contribution in [0.25, 0.3) is 11.0 Å². The van der Waals surface area contributed by atoms with Gasteiger partial charge in [0, 0.05) is 17.0 Å². The van der Waals surface area contributed by atoms with Crippen molar-refractivity contribution in [3.8, 4) is 5.75 Å². The molecule has 2 aromatic carbocycles. The standard InChI is InChI=1S/C21H15ClO5/c1-13-11-21(27-20(13)24,14-6-8-15(22)9-7-14)12-25-18-10-19(23)26-17-5-3-2-4-16(17)18/h2-10H,1,11-12H2. The van der Waals surface area contributed by atoms with E-state index in [-0.39, 0.29) is 13.0 Å². The van der Waals surface area contributed by atoms with E-state index in [0.717, 1.165) is 5.56 Å². The van der Waals surface area contributed by atoms with Gasteiger partial charge in [0.15, 0.2) is 5.60 Å². The fourth-order valence-electron chi connectivity index (χ4n) is 3.18. The molecule has 1 atom stereocenters. The van der Waals surface area contributed by atoms with Gasteiger partial charge in [0.25, 0.3) is 0 Å². The van der Waals surface area contributed by atoms with Crippen molar-refractivity contribution < 1.29 is 18.7 Å². The lowest BCUT2D eigenvalue weighted by molar-refractivity contribution is -0.150. The molecular weight excluding hydrogens is 368 g/mol. The number of cyclic esters (lactones) is 1. The monoisotopic (exact) mass is 382 g/mol. The molecule has 0 spiro atoms. The minimum Gasteiger partial charge on any atom is -0.488 e. The van der Waals surface area contributed by atoms with Gasteiger partial charge in [0.05, 0.1) is 11.5 Å². The molecule has 4 rings (SSSR count). The Morgan fingerprint density at radius 3 is 2.56 bits per heavy atom. The molecule has 27 heavy (non-hydrogen) atoms. The van der Waals surface area contributed by atoms with Gasteiger partial charge in [-0.1, -0.05) is 42.4 Å². The first-order valence-corrected chi connectivity index (χ1v) is 8.67. The summed E-state index contributed by atoms with van der Waals surface area (Å²) < 4.78 is 16.8. The fraction of sp³-hybridized carbons (Fsp3) is 0.143. The molecule has 3 aromatic rings. The normalized spacial score (nSPS) is 19.3. The minimum absolute atomic E-state index is 0.0207. The molecule has 0 bridgehead atoms. The Balaban J connectivity index is 1.72. The zero-order chi connectivity index (χ0) is 19.0. The molecule has 1 aliphatic rings. The number of fused-ring (bicyclic) bond motifs is 1. The topological polar surface area (TPSA) is 65.7 Å². The fourth-order valence-corrected chi connectivity index (χ4v) is 3.30. The zero-order valence-electron chi connectivity index (χ0n) is 14.2. The number of para-hydroxylation sites is 1. The van der Waals surface area contributed by atoms with Gasteiger partial charge in [-0.25, -0.2) is 9.59 Å². The molecule has 1 saturated heterocycles. The van der Waals surface area contributed by atoms with E-state index >= 15 is 0 Å². The molecule has 6 heteroatoms. The number of halogens is 1. The predicted octanol–water partition coefficient (Wildman–Crippen LogP) is 4.22. The van der Waals surface area contributed by atoms with Crippen LogP contribution in [-0.2, 0) is 15.1 Å². The van der Waals surface area contributed by atoms with Crippen molar-refractivity contribution >= 4 is 28.5 Å². The number of carbonyl (C=O) groups excluding carboxylic acids is 1. The number of carbonyl (C=O) groups is 1. The molecule has 1 fully saturated rings. The van der Waals surface area contributed by atoms with Crippen LogP contribution in [0, 0.1) is 0 Å². The van der Waals surface area contributed by atoms with Gasteiger partial charge in [-0.3, -0.25) is 0 Å². The van der Waals surface area contributed by atoms with Crippen LogP contribution >= 0.6 is 11.6 Å². The summed E-state index contributed by atoms with van der Waals surface area (Å²) in [7, 11) is 0. The number of ether oxygens (including phenoxy) is 2. The second kappa shape index (κ2) is 6.59. The molecule has 0 saturated carbocycles. The van der Waals surface area contributed by atoms with E-state index in [2.05, 4.69) is 6.58 Å². The van der Waals surface area contributed by atoms with Crippen molar-refractivity contribution in [1.29, 1.82) is 0 Å². The van der Waals surface area contributed by atoms with Gasteiger partial charge >= 0.3 is 11.6 Å². The van der Waals surface area contributed by atoms with E-state index in [0.29, 0.717) is 27.3 Å². The van der Waals surface area contributed by atoms with Crippen molar-refractivity contribution in [3.05, 3.63) is 87.8 Å². The second-order valence-corrected chi connectivity index (χ2v) is 6.82. The molecule has 1 aromatic heterocycles. The summed E-state index contributed by atoms with van der Waals surface area (Å²) in [6.07, 6.45) is 0.285. The highest BCUT2D eigenvalue weighted by atomic mass is 35.5. The van der Waals surface area contributed by atoms with Crippen molar-refractivity contribution in [2.75, 3.05) is 6.61 Å². The largest absolute Gasteiger partial charge is 0.488 e. The van der Waals surface area contributed by atoms with Gasteiger partial charge in [-0.15, -0.1) is 0 Å². The molecule has 0 radical (unpaired) electrons. The average molecular weight is 383 g/mol. The van der Waals surface area contributed by atoms with Gasteiger partial charge in [0.1, 0.15) is 17.9 Å². The van der Waals surface area contributed by atoms with Crippen molar-refractivity contribution in [2.45, 2.75) is 12.0 Å². The molecule has 2 heterocycles. The number of rotatable bonds is 4. The van der Waals surface area contributed by atoms with Crippen LogP contribution in [0.5, 0.6) is 5.75 Å². The van der Waals surface area contributed by atoms with Gasteiger partial charge in [-0.05, 0) is 29.8 Å². The van der Waals surface area contributed by atoms with Gasteiger partial charge in [0.2, 0.25) is 0 Å². The highest BCUT2D eigenvalue weighted by Gasteiger charge is 2.45. The summed E-state index contributed by atoms with van der Waals surface area (Å²) in [5.74, 6) is -0.102. The lowest BCUT2D eigenvalue weighted by Crippen LogP contribution is -2.33. The molecular formula is C21H15ClO5. The molecule has 136 valence electrons. The zero-order valence-corrected chi connectivity index (χ0v) is 15.0. The summed E-state index contributed by atoms with van der Waals surface area (Å²) in [6.45, 7) is 3.79. The van der Waals surface area contributed by atoms with E-state index in [4.69, 9.17) is 25.5 Å². The number of hydrogen-bond donors (Lipinski definition) is 0. The third-order valence-electron chi connectivity index (χ3n) is 4.52. The Hall–Kier alpha value is -3.05. The van der Waals surface area contributed by atoms with E-state index < -0.39 is 17.2 Å². The van der Waals surface area contributed by atoms with Gasteiger partial charge in [-0.2, -0.15) is 0 Å². The SMILES string of the molecule is C=C1CC(COc2cc(=O)oc3ccccc23)(c2ccc(Cl)cc2)OC1=O. The number of hydrogen-bond acceptors (Lipinski definition) is 5. The molecule has 1 unspecified atom stereocenters. The van der Waals surface area contributed by atoms with Gasteiger partial charge < -0.3 is 13.9 Å². The van der Waals surface area contributed by atoms with Crippen molar-refractivity contribution in [1.82, 2.24) is 0 Å². The maximum Gasteiger partial charge on any atom is 0.339 e. The first-order chi connectivity index (χ1) is 13.0. The Kier molecular flexibility index (Phi) is 4.24. The molecule has 1 aliphatic heterocycles. The van der Waals surface area contributed by atoms with E-state index in [1.54, 1.807) is 42.5 Å². The van der Waals surface area contributed by atoms with Crippen molar-refractivity contribution in [3.63, 3.8) is 0 Å². The summed E-state index contributed by atoms with van der Waals surface area (Å²) in [5.41, 5.74) is -0.0156. The number of esters is 1. The first kappa shape index (κ1) is 17.4. The van der Waals surface area contributed by atoms with Crippen LogP contribution in [0.3, 0.4) is 0 Å². The number of benzene rings is 2. The maximum absolute atomic E-state index is 12.0. The minimum atomic E-state index is -1.03. The molecule has 0 N–H and O–H groups in total. The Bertz CT molecular complexity index is 1080. The summed E-state index contributed by atoms with van der Waals surface area (Å²) in [5, 5.41) is 1.23. The lowest BCUT2D eigenvalue weighted by atomic mass is 9.90.